The number of aryl methyl sites for hydroxylation is 1. The van der Waals surface area contributed by atoms with E-state index in [4.69, 9.17) is 18.6 Å². The summed E-state index contributed by atoms with van der Waals surface area (Å²) in [6.45, 7) is 9.84. The Hall–Kier alpha value is -4.72. The lowest BCUT2D eigenvalue weighted by Crippen LogP contribution is -2.29. The number of benzene rings is 3. The minimum atomic E-state index is -0.630. The van der Waals surface area contributed by atoms with E-state index in [0.29, 0.717) is 29.0 Å². The van der Waals surface area contributed by atoms with E-state index in [0.717, 1.165) is 24.8 Å². The fourth-order valence-electron chi connectivity index (χ4n) is 5.36. The maximum absolute atomic E-state index is 14.1. The topological polar surface area (TPSA) is 98.4 Å². The second-order valence-electron chi connectivity index (χ2n) is 11.9. The van der Waals surface area contributed by atoms with Crippen LogP contribution in [0.2, 0.25) is 0 Å². The highest BCUT2D eigenvalue weighted by Gasteiger charge is 2.29. The molecule has 1 aliphatic heterocycles. The molecular formula is C36H39NO7. The van der Waals surface area contributed by atoms with Crippen molar-refractivity contribution in [3.05, 3.63) is 81.0 Å². The Balaban J connectivity index is 1.64. The number of amides is 1. The van der Waals surface area contributed by atoms with Crippen LogP contribution < -0.4 is 24.5 Å². The minimum Gasteiger partial charge on any atom is -0.506 e. The van der Waals surface area contributed by atoms with Crippen molar-refractivity contribution in [1.29, 1.82) is 0 Å². The maximum Gasteiger partial charge on any atom is 0.419 e. The lowest BCUT2D eigenvalue weighted by atomic mass is 9.97. The molecule has 0 radical (unpaired) electrons. The van der Waals surface area contributed by atoms with Crippen molar-refractivity contribution in [3.63, 3.8) is 0 Å². The first-order chi connectivity index (χ1) is 20.9. The van der Waals surface area contributed by atoms with Crippen LogP contribution in [-0.4, -0.2) is 31.0 Å². The van der Waals surface area contributed by atoms with Gasteiger partial charge in [-0.2, -0.15) is 0 Å². The first-order valence-corrected chi connectivity index (χ1v) is 14.9. The van der Waals surface area contributed by atoms with Gasteiger partial charge >= 0.3 is 6.09 Å². The minimum absolute atomic E-state index is 0.0385. The number of aromatic hydroxyl groups is 1. The number of allylic oxidation sites excluding steroid dienone is 2. The van der Waals surface area contributed by atoms with Crippen molar-refractivity contribution < 1.29 is 28.5 Å². The number of ether oxygens (including phenoxy) is 3. The lowest BCUT2D eigenvalue weighted by molar-refractivity contribution is 0.158. The van der Waals surface area contributed by atoms with Gasteiger partial charge in [-0.3, -0.25) is 9.69 Å². The van der Waals surface area contributed by atoms with Gasteiger partial charge in [0.2, 0.25) is 5.43 Å². The summed E-state index contributed by atoms with van der Waals surface area (Å²) in [6, 6.07) is 10.9. The van der Waals surface area contributed by atoms with Gasteiger partial charge in [-0.25, -0.2) is 4.79 Å². The zero-order valence-corrected chi connectivity index (χ0v) is 26.4. The number of rotatable bonds is 8. The number of hydrogen-bond donors (Lipinski definition) is 1. The molecule has 1 amide bonds. The summed E-state index contributed by atoms with van der Waals surface area (Å²) < 4.78 is 24.0. The third kappa shape index (κ3) is 5.89. The number of fused-ring (bicyclic) bond motifs is 3. The number of methoxy groups -OCH3 is 1. The largest absolute Gasteiger partial charge is 0.506 e. The number of unbranched alkanes of at least 4 members (excludes halogenated alkanes) is 1. The average molecular weight is 598 g/mol. The van der Waals surface area contributed by atoms with Crippen molar-refractivity contribution in [2.24, 2.45) is 0 Å². The van der Waals surface area contributed by atoms with Crippen LogP contribution in [0, 0.1) is 0 Å². The van der Waals surface area contributed by atoms with E-state index in [-0.39, 0.29) is 39.2 Å². The fourth-order valence-corrected chi connectivity index (χ4v) is 5.36. The Morgan fingerprint density at radius 3 is 2.45 bits per heavy atom. The van der Waals surface area contributed by atoms with Crippen molar-refractivity contribution in [1.82, 2.24) is 0 Å². The van der Waals surface area contributed by atoms with Crippen LogP contribution in [0.15, 0.2) is 63.3 Å². The predicted octanol–water partition coefficient (Wildman–Crippen LogP) is 8.33. The summed E-state index contributed by atoms with van der Waals surface area (Å²) in [5, 5.41) is 11.5. The van der Waals surface area contributed by atoms with Crippen LogP contribution in [0.3, 0.4) is 0 Å². The highest BCUT2D eigenvalue weighted by Crippen LogP contribution is 2.44. The van der Waals surface area contributed by atoms with Crippen LogP contribution in [0.25, 0.3) is 28.0 Å². The first kappa shape index (κ1) is 30.7. The molecule has 2 heterocycles. The monoisotopic (exact) mass is 597 g/mol. The Morgan fingerprint density at radius 1 is 1.09 bits per heavy atom. The second-order valence-corrected chi connectivity index (χ2v) is 11.9. The molecule has 0 fully saturated rings. The predicted molar refractivity (Wildman–Crippen MR) is 175 cm³/mol. The molecule has 5 rings (SSSR count). The number of phenolic OH excluding ortho intramolecular Hbond substituents is 1. The van der Waals surface area contributed by atoms with E-state index in [1.165, 1.54) is 23.6 Å². The average Bonchev–Trinajstić information content (AvgIpc) is 2.97. The molecule has 0 aliphatic carbocycles. The van der Waals surface area contributed by atoms with E-state index in [1.807, 2.05) is 64.1 Å². The molecule has 0 unspecified atom stereocenters. The summed E-state index contributed by atoms with van der Waals surface area (Å²) in [6.07, 6.45) is 8.39. The van der Waals surface area contributed by atoms with E-state index in [9.17, 15) is 14.7 Å². The molecule has 8 nitrogen and oxygen atoms in total. The van der Waals surface area contributed by atoms with Crippen LogP contribution in [0.5, 0.6) is 23.0 Å². The lowest BCUT2D eigenvalue weighted by Gasteiger charge is -2.28. The molecule has 44 heavy (non-hydrogen) atoms. The second kappa shape index (κ2) is 12.1. The molecule has 230 valence electrons. The number of carbonyl (C=O) groups excluding carboxylic acids is 1. The van der Waals surface area contributed by atoms with E-state index in [2.05, 4.69) is 6.92 Å². The fraction of sp³-hybridized carbons (Fsp3) is 0.333. The molecule has 1 aliphatic rings. The number of nitrogens with zero attached hydrogens (tertiary/aromatic N) is 1. The first-order valence-electron chi connectivity index (χ1n) is 14.9. The third-order valence-corrected chi connectivity index (χ3v) is 7.80. The summed E-state index contributed by atoms with van der Waals surface area (Å²) in [5.41, 5.74) is 3.12. The molecule has 0 bridgehead atoms. The molecule has 0 atom stereocenters. The number of anilines is 1. The van der Waals surface area contributed by atoms with Gasteiger partial charge in [0, 0.05) is 30.4 Å². The Bertz CT molecular complexity index is 1860. The van der Waals surface area contributed by atoms with E-state index >= 15 is 0 Å². The van der Waals surface area contributed by atoms with E-state index in [1.54, 1.807) is 19.2 Å². The van der Waals surface area contributed by atoms with Crippen LogP contribution >= 0.6 is 0 Å². The van der Waals surface area contributed by atoms with Crippen molar-refractivity contribution in [3.8, 4) is 23.0 Å². The van der Waals surface area contributed by atoms with Crippen molar-refractivity contribution in [2.75, 3.05) is 19.1 Å². The summed E-state index contributed by atoms with van der Waals surface area (Å²) in [5.74, 6) is 0.529. The summed E-state index contributed by atoms with van der Waals surface area (Å²) in [4.78, 5) is 28.9. The van der Waals surface area contributed by atoms with Crippen molar-refractivity contribution in [2.45, 2.75) is 65.9 Å². The van der Waals surface area contributed by atoms with Gasteiger partial charge in [-0.15, -0.1) is 0 Å². The van der Waals surface area contributed by atoms with Crippen LogP contribution in [-0.2, 0) is 12.8 Å². The zero-order chi connectivity index (χ0) is 31.8. The summed E-state index contributed by atoms with van der Waals surface area (Å²) >= 11 is 0. The number of carbonyl (C=O) groups is 1. The van der Waals surface area contributed by atoms with Gasteiger partial charge in [-0.05, 0) is 76.8 Å². The van der Waals surface area contributed by atoms with Gasteiger partial charge in [0.25, 0.3) is 0 Å². The SMILES string of the molecule is CCCCc1ccc(N(C)C(=O)Oc2cc3oc4cc5c(c(O)c4c(=O)c3c(CC=C(C)C)c2OC)C=CC(C)(C)O5)cc1. The van der Waals surface area contributed by atoms with Crippen molar-refractivity contribution >= 4 is 39.8 Å². The molecule has 0 spiro atoms. The zero-order valence-electron chi connectivity index (χ0n) is 26.4. The molecular weight excluding hydrogens is 558 g/mol. The Kier molecular flexibility index (Phi) is 8.46. The number of phenols is 1. The molecule has 1 aromatic heterocycles. The highest BCUT2D eigenvalue weighted by atomic mass is 16.6. The highest BCUT2D eigenvalue weighted by molar-refractivity contribution is 6.00. The molecule has 3 aromatic carbocycles. The van der Waals surface area contributed by atoms with Gasteiger partial charge < -0.3 is 23.7 Å². The molecule has 8 heteroatoms. The molecule has 0 saturated heterocycles. The summed E-state index contributed by atoms with van der Waals surface area (Å²) in [7, 11) is 3.10. The van der Waals surface area contributed by atoms with Gasteiger partial charge in [0.15, 0.2) is 11.5 Å². The van der Waals surface area contributed by atoms with Gasteiger partial charge in [0.1, 0.15) is 33.7 Å². The standard InChI is InChI=1S/C36H39NO7/c1-8-9-10-22-12-14-23(15-13-22)37(6)35(40)43-29-20-27-30(25(34(29)41-7)16-11-21(2)3)33(39)31-28(42-27)19-26-24(32(31)38)17-18-36(4,5)44-26/h11-15,17-20,38H,8-10,16H2,1-7H3. The van der Waals surface area contributed by atoms with E-state index < -0.39 is 17.1 Å². The third-order valence-electron chi connectivity index (χ3n) is 7.80. The molecule has 1 N–H and O–H groups in total. The molecule has 0 saturated carbocycles. The van der Waals surface area contributed by atoms with Crippen LogP contribution in [0.4, 0.5) is 10.5 Å². The number of hydrogen-bond acceptors (Lipinski definition) is 7. The molecule has 4 aromatic rings. The van der Waals surface area contributed by atoms with Gasteiger partial charge in [0.05, 0.1) is 18.1 Å². The quantitative estimate of drug-likeness (QED) is 0.161. The van der Waals surface area contributed by atoms with Crippen LogP contribution in [0.1, 0.15) is 64.2 Å². The maximum atomic E-state index is 14.1. The Labute approximate surface area is 257 Å². The smallest absolute Gasteiger partial charge is 0.419 e. The Morgan fingerprint density at radius 2 is 1.80 bits per heavy atom. The normalized spacial score (nSPS) is 13.3. The van der Waals surface area contributed by atoms with Gasteiger partial charge in [-0.1, -0.05) is 37.1 Å².